The molecule has 0 amide bonds. The molecule has 0 radical (unpaired) electrons. The third kappa shape index (κ3) is 2.73. The Morgan fingerprint density at radius 1 is 1.47 bits per heavy atom. The highest BCUT2D eigenvalue weighted by Gasteiger charge is 2.37. The van der Waals surface area contributed by atoms with Crippen molar-refractivity contribution in [3.8, 4) is 11.8 Å². The molecule has 0 aliphatic carbocycles. The lowest BCUT2D eigenvalue weighted by atomic mass is 10.2. The van der Waals surface area contributed by atoms with Crippen LogP contribution in [0.25, 0.3) is 0 Å². The molecule has 0 atom stereocenters. The molecular formula is C9H10F3N3. The molecule has 0 aromatic carbocycles. The Kier molecular flexibility index (Phi) is 3.37. The first-order chi connectivity index (χ1) is 6.96. The van der Waals surface area contributed by atoms with E-state index < -0.39 is 11.9 Å². The minimum Gasteiger partial charge on any atom is -0.330 e. The number of rotatable bonds is 1. The van der Waals surface area contributed by atoms with Crippen LogP contribution >= 0.6 is 0 Å². The average molecular weight is 217 g/mol. The van der Waals surface area contributed by atoms with Crippen LogP contribution in [-0.4, -0.2) is 16.7 Å². The van der Waals surface area contributed by atoms with Gasteiger partial charge in [0, 0.05) is 18.7 Å². The van der Waals surface area contributed by atoms with Crippen molar-refractivity contribution in [3.05, 3.63) is 17.0 Å². The van der Waals surface area contributed by atoms with Gasteiger partial charge in [-0.05, 0) is 6.92 Å². The van der Waals surface area contributed by atoms with Crippen LogP contribution in [0.4, 0.5) is 13.2 Å². The van der Waals surface area contributed by atoms with Crippen LogP contribution in [0.15, 0.2) is 0 Å². The summed E-state index contributed by atoms with van der Waals surface area (Å²) in [5.41, 5.74) is 4.42. The lowest BCUT2D eigenvalue weighted by molar-refractivity contribution is -0.141. The van der Waals surface area contributed by atoms with Crippen molar-refractivity contribution in [1.29, 1.82) is 0 Å². The summed E-state index contributed by atoms with van der Waals surface area (Å²) in [4.78, 5) is 0. The molecule has 0 bridgehead atoms. The van der Waals surface area contributed by atoms with Gasteiger partial charge in [0.1, 0.15) is 0 Å². The SMILES string of the molecule is Cc1[nH]nc(C(F)(F)F)c1C#CCCN. The van der Waals surface area contributed by atoms with Gasteiger partial charge in [0.15, 0.2) is 5.69 Å². The number of nitrogens with zero attached hydrogens (tertiary/aromatic N) is 1. The summed E-state index contributed by atoms with van der Waals surface area (Å²) < 4.78 is 37.2. The quantitative estimate of drug-likeness (QED) is 0.699. The van der Waals surface area contributed by atoms with Crippen molar-refractivity contribution in [2.24, 2.45) is 5.73 Å². The topological polar surface area (TPSA) is 54.7 Å². The molecule has 0 saturated carbocycles. The summed E-state index contributed by atoms with van der Waals surface area (Å²) >= 11 is 0. The Morgan fingerprint density at radius 3 is 2.67 bits per heavy atom. The Labute approximate surface area is 84.9 Å². The second kappa shape index (κ2) is 4.36. The molecule has 1 rings (SSSR count). The maximum atomic E-state index is 12.4. The smallest absolute Gasteiger partial charge is 0.330 e. The Morgan fingerprint density at radius 2 is 2.13 bits per heavy atom. The van der Waals surface area contributed by atoms with E-state index >= 15 is 0 Å². The van der Waals surface area contributed by atoms with Crippen LogP contribution in [0, 0.1) is 18.8 Å². The number of hydrogen-bond donors (Lipinski definition) is 2. The van der Waals surface area contributed by atoms with Gasteiger partial charge >= 0.3 is 6.18 Å². The van der Waals surface area contributed by atoms with Crippen molar-refractivity contribution >= 4 is 0 Å². The molecule has 0 saturated heterocycles. The monoisotopic (exact) mass is 217 g/mol. The lowest BCUT2D eigenvalue weighted by Crippen LogP contribution is -2.07. The molecule has 0 unspecified atom stereocenters. The van der Waals surface area contributed by atoms with Gasteiger partial charge in [0.2, 0.25) is 0 Å². The second-order valence-electron chi connectivity index (χ2n) is 2.91. The normalized spacial score (nSPS) is 11.0. The van der Waals surface area contributed by atoms with Gasteiger partial charge in [-0.1, -0.05) is 11.8 Å². The van der Waals surface area contributed by atoms with Gasteiger partial charge in [0.25, 0.3) is 0 Å². The van der Waals surface area contributed by atoms with Gasteiger partial charge < -0.3 is 5.73 Å². The molecule has 6 heteroatoms. The van der Waals surface area contributed by atoms with E-state index in [1.54, 1.807) is 0 Å². The molecule has 1 heterocycles. The molecular weight excluding hydrogens is 207 g/mol. The zero-order valence-electron chi connectivity index (χ0n) is 8.07. The maximum Gasteiger partial charge on any atom is 0.436 e. The Hall–Kier alpha value is -1.48. The molecule has 0 aliphatic rings. The van der Waals surface area contributed by atoms with E-state index in [9.17, 15) is 13.2 Å². The number of H-pyrrole nitrogens is 1. The highest BCUT2D eigenvalue weighted by atomic mass is 19.4. The van der Waals surface area contributed by atoms with E-state index in [2.05, 4.69) is 22.0 Å². The zero-order chi connectivity index (χ0) is 11.5. The highest BCUT2D eigenvalue weighted by molar-refractivity contribution is 5.42. The van der Waals surface area contributed by atoms with E-state index in [-0.39, 0.29) is 5.56 Å². The van der Waals surface area contributed by atoms with Crippen molar-refractivity contribution in [2.45, 2.75) is 19.5 Å². The summed E-state index contributed by atoms with van der Waals surface area (Å²) in [6, 6.07) is 0. The Balaban J connectivity index is 3.07. The van der Waals surface area contributed by atoms with E-state index in [1.807, 2.05) is 0 Å². The first kappa shape index (κ1) is 11.6. The van der Waals surface area contributed by atoms with E-state index in [1.165, 1.54) is 6.92 Å². The lowest BCUT2D eigenvalue weighted by Gasteiger charge is -2.01. The molecule has 0 fully saturated rings. The number of aryl methyl sites for hydroxylation is 1. The summed E-state index contributed by atoms with van der Waals surface area (Å²) in [7, 11) is 0. The summed E-state index contributed by atoms with van der Waals surface area (Å²) in [6.07, 6.45) is -4.11. The fourth-order valence-electron chi connectivity index (χ4n) is 1.01. The summed E-state index contributed by atoms with van der Waals surface area (Å²) in [5, 5.41) is 5.45. The number of nitrogens with one attached hydrogen (secondary N) is 1. The van der Waals surface area contributed by atoms with Gasteiger partial charge in [0.05, 0.1) is 5.56 Å². The van der Waals surface area contributed by atoms with Gasteiger partial charge in [-0.2, -0.15) is 18.3 Å². The minimum atomic E-state index is -4.47. The third-order valence-electron chi connectivity index (χ3n) is 1.70. The van der Waals surface area contributed by atoms with Crippen LogP contribution < -0.4 is 5.73 Å². The molecule has 15 heavy (non-hydrogen) atoms. The predicted molar refractivity (Wildman–Crippen MR) is 48.9 cm³/mol. The number of aromatic nitrogens is 2. The molecule has 3 N–H and O–H groups in total. The summed E-state index contributed by atoms with van der Waals surface area (Å²) in [5.74, 6) is 4.98. The minimum absolute atomic E-state index is 0.101. The fraction of sp³-hybridized carbons (Fsp3) is 0.444. The first-order valence-electron chi connectivity index (χ1n) is 4.28. The van der Waals surface area contributed by atoms with Crippen LogP contribution in [0.2, 0.25) is 0 Å². The number of alkyl halides is 3. The number of nitrogens with two attached hydrogens (primary N) is 1. The molecule has 0 aliphatic heterocycles. The maximum absolute atomic E-state index is 12.4. The predicted octanol–water partition coefficient (Wildman–Crippen LogP) is 1.44. The van der Waals surface area contributed by atoms with E-state index in [4.69, 9.17) is 5.73 Å². The van der Waals surface area contributed by atoms with Crippen molar-refractivity contribution in [3.63, 3.8) is 0 Å². The van der Waals surface area contributed by atoms with Crippen molar-refractivity contribution < 1.29 is 13.2 Å². The van der Waals surface area contributed by atoms with Crippen molar-refractivity contribution in [1.82, 2.24) is 10.2 Å². The summed E-state index contributed by atoms with van der Waals surface area (Å²) in [6.45, 7) is 1.82. The van der Waals surface area contributed by atoms with Gasteiger partial charge in [-0.25, -0.2) is 0 Å². The van der Waals surface area contributed by atoms with Gasteiger partial charge in [-0.15, -0.1) is 0 Å². The largest absolute Gasteiger partial charge is 0.436 e. The second-order valence-corrected chi connectivity index (χ2v) is 2.91. The molecule has 0 spiro atoms. The molecule has 82 valence electrons. The average Bonchev–Trinajstić information content (AvgIpc) is 2.48. The van der Waals surface area contributed by atoms with Crippen LogP contribution in [0.1, 0.15) is 23.4 Å². The van der Waals surface area contributed by atoms with Crippen LogP contribution in [0.5, 0.6) is 0 Å². The van der Waals surface area contributed by atoms with E-state index in [0.717, 1.165) is 0 Å². The van der Waals surface area contributed by atoms with Gasteiger partial charge in [-0.3, -0.25) is 5.10 Å². The van der Waals surface area contributed by atoms with E-state index in [0.29, 0.717) is 18.7 Å². The highest BCUT2D eigenvalue weighted by Crippen LogP contribution is 2.30. The fourth-order valence-corrected chi connectivity index (χ4v) is 1.01. The zero-order valence-corrected chi connectivity index (χ0v) is 8.07. The standard InChI is InChI=1S/C9H10F3N3/c1-6-7(4-2-3-5-13)8(15-14-6)9(10,11)12/h3,5,13H2,1H3,(H,14,15). The number of halogens is 3. The first-order valence-corrected chi connectivity index (χ1v) is 4.28. The molecule has 1 aromatic heterocycles. The third-order valence-corrected chi connectivity index (χ3v) is 1.70. The molecule has 1 aromatic rings. The van der Waals surface area contributed by atoms with Crippen LogP contribution in [-0.2, 0) is 6.18 Å². The number of hydrogen-bond acceptors (Lipinski definition) is 2. The number of aromatic amines is 1. The van der Waals surface area contributed by atoms with Crippen LogP contribution in [0.3, 0.4) is 0 Å². The van der Waals surface area contributed by atoms with Crippen molar-refractivity contribution in [2.75, 3.05) is 6.54 Å². The Bertz CT molecular complexity index is 395. The molecule has 3 nitrogen and oxygen atoms in total.